The summed E-state index contributed by atoms with van der Waals surface area (Å²) >= 11 is 0. The second-order valence-corrected chi connectivity index (χ2v) is 5.90. The molecule has 24 heavy (non-hydrogen) atoms. The molecule has 0 aliphatic carbocycles. The van der Waals surface area contributed by atoms with E-state index in [4.69, 9.17) is 22.5 Å². The van der Waals surface area contributed by atoms with Crippen molar-refractivity contribution in [1.82, 2.24) is 19.6 Å². The van der Waals surface area contributed by atoms with Crippen molar-refractivity contribution >= 4 is 6.03 Å². The van der Waals surface area contributed by atoms with Crippen molar-refractivity contribution < 1.29 is 4.79 Å². The molecule has 1 rings (SSSR count). The predicted molar refractivity (Wildman–Crippen MR) is 94.2 cm³/mol. The van der Waals surface area contributed by atoms with Crippen LogP contribution in [0.4, 0.5) is 4.79 Å². The molecule has 1 saturated heterocycles. The van der Waals surface area contributed by atoms with E-state index in [0.29, 0.717) is 52.4 Å². The number of hydrogen-bond donors (Lipinski definition) is 3. The van der Waals surface area contributed by atoms with Crippen molar-refractivity contribution in [2.45, 2.75) is 0 Å². The van der Waals surface area contributed by atoms with E-state index in [2.05, 4.69) is 11.0 Å². The molecule has 0 aromatic carbocycles. The molecule has 0 bridgehead atoms. The zero-order chi connectivity index (χ0) is 17.8. The minimum Gasteiger partial charge on any atom is -0.329 e. The molecule has 0 radical (unpaired) electrons. The van der Waals surface area contributed by atoms with E-state index in [9.17, 15) is 4.79 Å². The Hall–Kier alpha value is -1.44. The van der Waals surface area contributed by atoms with Crippen LogP contribution in [0.25, 0.3) is 0 Å². The molecule has 0 aromatic rings. The number of carbonyl (C=O) groups is 1. The summed E-state index contributed by atoms with van der Waals surface area (Å²) in [6, 6.07) is 2.20. The third-order valence-corrected chi connectivity index (χ3v) is 4.18. The Morgan fingerprint density at radius 2 is 1.33 bits per heavy atom. The number of carbonyl (C=O) groups excluding carboxylic acids is 1. The molecule has 6 N–H and O–H groups in total. The number of rotatable bonds is 13. The first kappa shape index (κ1) is 20.6. The second kappa shape index (κ2) is 12.0. The molecule has 1 fully saturated rings. The quantitative estimate of drug-likeness (QED) is 0.322. The maximum atomic E-state index is 12.4. The zero-order valence-corrected chi connectivity index (χ0v) is 14.6. The number of hydrogen-bond acceptors (Lipinski definition) is 7. The van der Waals surface area contributed by atoms with Crippen LogP contribution in [-0.2, 0) is 0 Å². The Morgan fingerprint density at radius 1 is 0.875 bits per heavy atom. The predicted octanol–water partition coefficient (Wildman–Crippen LogP) is -2.27. The van der Waals surface area contributed by atoms with E-state index in [1.807, 2.05) is 14.7 Å². The summed E-state index contributed by atoms with van der Waals surface area (Å²) in [5.41, 5.74) is 16.8. The molecule has 0 aromatic heterocycles. The summed E-state index contributed by atoms with van der Waals surface area (Å²) in [6.45, 7) is 8.58. The van der Waals surface area contributed by atoms with Gasteiger partial charge in [0, 0.05) is 78.5 Å². The van der Waals surface area contributed by atoms with Gasteiger partial charge in [-0.1, -0.05) is 0 Å². The van der Waals surface area contributed by atoms with Crippen molar-refractivity contribution in [3.63, 3.8) is 0 Å². The fraction of sp³-hybridized carbons (Fsp3) is 0.867. The highest BCUT2D eigenvalue weighted by atomic mass is 16.2. The van der Waals surface area contributed by atoms with Gasteiger partial charge < -0.3 is 27.0 Å². The van der Waals surface area contributed by atoms with Gasteiger partial charge in [0.15, 0.2) is 0 Å². The number of amides is 2. The Kier molecular flexibility index (Phi) is 10.3. The van der Waals surface area contributed by atoms with Crippen molar-refractivity contribution in [1.29, 1.82) is 5.26 Å². The molecule has 0 atom stereocenters. The van der Waals surface area contributed by atoms with Crippen molar-refractivity contribution in [2.75, 3.05) is 85.1 Å². The van der Waals surface area contributed by atoms with Crippen molar-refractivity contribution in [3.05, 3.63) is 0 Å². The van der Waals surface area contributed by atoms with E-state index in [0.717, 1.165) is 32.7 Å². The van der Waals surface area contributed by atoms with Crippen LogP contribution in [0.3, 0.4) is 0 Å². The van der Waals surface area contributed by atoms with Crippen LogP contribution in [0.5, 0.6) is 0 Å². The summed E-state index contributed by atoms with van der Waals surface area (Å²) in [6.07, 6.45) is 0. The molecule has 9 nitrogen and oxygen atoms in total. The third-order valence-electron chi connectivity index (χ3n) is 4.18. The number of nitrogens with zero attached hydrogens (tertiary/aromatic N) is 5. The summed E-state index contributed by atoms with van der Waals surface area (Å²) in [5.74, 6) is 0. The van der Waals surface area contributed by atoms with Gasteiger partial charge in [-0.05, 0) is 0 Å². The van der Waals surface area contributed by atoms with Gasteiger partial charge in [-0.2, -0.15) is 5.26 Å². The van der Waals surface area contributed by atoms with E-state index in [1.165, 1.54) is 0 Å². The van der Waals surface area contributed by atoms with Crippen LogP contribution in [0.15, 0.2) is 0 Å². The van der Waals surface area contributed by atoms with Gasteiger partial charge in [0.2, 0.25) is 0 Å². The van der Waals surface area contributed by atoms with Crippen LogP contribution < -0.4 is 17.2 Å². The molecule has 9 heteroatoms. The van der Waals surface area contributed by atoms with Crippen LogP contribution in [-0.4, -0.2) is 111 Å². The van der Waals surface area contributed by atoms with Crippen LogP contribution in [0.1, 0.15) is 0 Å². The average molecular weight is 340 g/mol. The molecule has 0 spiro atoms. The second-order valence-electron chi connectivity index (χ2n) is 5.90. The Balaban J connectivity index is 2.37. The molecule has 0 saturated carbocycles. The Bertz CT molecular complexity index is 393. The van der Waals surface area contributed by atoms with Gasteiger partial charge in [-0.25, -0.2) is 4.79 Å². The smallest absolute Gasteiger partial charge is 0.320 e. The molecule has 0 unspecified atom stereocenters. The van der Waals surface area contributed by atoms with Crippen LogP contribution >= 0.6 is 0 Å². The maximum absolute atomic E-state index is 12.4. The summed E-state index contributed by atoms with van der Waals surface area (Å²) < 4.78 is 0. The molecule has 138 valence electrons. The number of nitrogens with two attached hydrogens (primary N) is 3. The Morgan fingerprint density at radius 3 is 1.79 bits per heavy atom. The Labute approximate surface area is 144 Å². The normalized spacial score (nSPS) is 14.9. The summed E-state index contributed by atoms with van der Waals surface area (Å²) in [5, 5.41) is 8.81. The largest absolute Gasteiger partial charge is 0.329 e. The highest BCUT2D eigenvalue weighted by molar-refractivity contribution is 5.76. The summed E-state index contributed by atoms with van der Waals surface area (Å²) in [7, 11) is 0. The summed E-state index contributed by atoms with van der Waals surface area (Å²) in [4.78, 5) is 20.3. The first-order valence-electron chi connectivity index (χ1n) is 8.62. The van der Waals surface area contributed by atoms with Gasteiger partial charge in [-0.3, -0.25) is 9.80 Å². The van der Waals surface area contributed by atoms with Gasteiger partial charge in [-0.15, -0.1) is 0 Å². The van der Waals surface area contributed by atoms with Crippen molar-refractivity contribution in [3.8, 4) is 6.07 Å². The molecule has 1 heterocycles. The van der Waals surface area contributed by atoms with E-state index in [1.54, 1.807) is 0 Å². The van der Waals surface area contributed by atoms with Gasteiger partial charge in [0.25, 0.3) is 0 Å². The topological polar surface area (TPSA) is 132 Å². The first-order chi connectivity index (χ1) is 11.7. The van der Waals surface area contributed by atoms with Gasteiger partial charge >= 0.3 is 6.03 Å². The number of urea groups is 1. The molecular formula is C15H32N8O. The fourth-order valence-corrected chi connectivity index (χ4v) is 2.82. The minimum atomic E-state index is 0.0695. The lowest BCUT2D eigenvalue weighted by molar-refractivity contribution is 0.178. The standard InChI is InChI=1S/C15H32N8O/c16-1-5-20(6-2-17)9-11-22-13-14-23(15(22)24)12-10-21(7-3-18)8-4-19/h1-3,5-14,16-18H2. The van der Waals surface area contributed by atoms with Gasteiger partial charge in [0.1, 0.15) is 0 Å². The van der Waals surface area contributed by atoms with Crippen LogP contribution in [0, 0.1) is 11.3 Å². The number of nitriles is 1. The monoisotopic (exact) mass is 340 g/mol. The van der Waals surface area contributed by atoms with Gasteiger partial charge in [0.05, 0.1) is 12.6 Å². The molecule has 1 aliphatic heterocycles. The van der Waals surface area contributed by atoms with Crippen molar-refractivity contribution in [2.24, 2.45) is 17.2 Å². The molecular weight excluding hydrogens is 308 g/mol. The van der Waals surface area contributed by atoms with Crippen LogP contribution in [0.2, 0.25) is 0 Å². The maximum Gasteiger partial charge on any atom is 0.320 e. The zero-order valence-electron chi connectivity index (χ0n) is 14.6. The minimum absolute atomic E-state index is 0.0695. The third kappa shape index (κ3) is 6.98. The lowest BCUT2D eigenvalue weighted by atomic mass is 10.4. The van der Waals surface area contributed by atoms with E-state index >= 15 is 0 Å². The SMILES string of the molecule is N#CCN(CCN)CCN1CCN(CCN(CCN)CCN)C1=O. The van der Waals surface area contributed by atoms with E-state index in [-0.39, 0.29) is 6.03 Å². The lowest BCUT2D eigenvalue weighted by Gasteiger charge is -2.25. The highest BCUT2D eigenvalue weighted by Gasteiger charge is 2.28. The molecule has 1 aliphatic rings. The highest BCUT2D eigenvalue weighted by Crippen LogP contribution is 2.08. The van der Waals surface area contributed by atoms with E-state index < -0.39 is 0 Å². The molecule has 2 amide bonds. The fourth-order valence-electron chi connectivity index (χ4n) is 2.82. The lowest BCUT2D eigenvalue weighted by Crippen LogP contribution is -2.42. The first-order valence-corrected chi connectivity index (χ1v) is 8.62. The average Bonchev–Trinajstić information content (AvgIpc) is 2.91.